The highest BCUT2D eigenvalue weighted by Gasteiger charge is 2.10. The molecule has 0 fully saturated rings. The minimum atomic E-state index is -1.07. The van der Waals surface area contributed by atoms with Crippen LogP contribution < -0.4 is 5.32 Å². The van der Waals surface area contributed by atoms with E-state index in [2.05, 4.69) is 5.32 Å². The van der Waals surface area contributed by atoms with E-state index in [4.69, 9.17) is 39.9 Å². The largest absolute Gasteiger partial charge is 0.478 e. The molecule has 0 aliphatic rings. The van der Waals surface area contributed by atoms with Crippen LogP contribution in [0.2, 0.25) is 15.1 Å². The minimum Gasteiger partial charge on any atom is -0.478 e. The van der Waals surface area contributed by atoms with Crippen LogP contribution in [0.1, 0.15) is 15.9 Å². The Kier molecular flexibility index (Phi) is 4.76. The van der Waals surface area contributed by atoms with Crippen molar-refractivity contribution in [3.8, 4) is 0 Å². The van der Waals surface area contributed by atoms with Gasteiger partial charge in [0.05, 0.1) is 10.6 Å². The summed E-state index contributed by atoms with van der Waals surface area (Å²) >= 11 is 17.9. The smallest absolute Gasteiger partial charge is 0.337 e. The highest BCUT2D eigenvalue weighted by molar-refractivity contribution is 6.36. The standard InChI is InChI=1S/C14H10Cl3NO2/c15-11-2-1-3-12(16)10(11)7-18-8-4-5-13(17)9(6-8)14(19)20/h1-6,18H,7H2,(H,19,20). The van der Waals surface area contributed by atoms with Gasteiger partial charge < -0.3 is 10.4 Å². The third-order valence-electron chi connectivity index (χ3n) is 2.73. The Hall–Kier alpha value is -1.42. The first-order valence-electron chi connectivity index (χ1n) is 5.68. The Balaban J connectivity index is 2.19. The van der Waals surface area contributed by atoms with Crippen LogP contribution in [-0.4, -0.2) is 11.1 Å². The van der Waals surface area contributed by atoms with Crippen molar-refractivity contribution in [2.45, 2.75) is 6.54 Å². The molecule has 2 N–H and O–H groups in total. The first kappa shape index (κ1) is 15.0. The zero-order valence-corrected chi connectivity index (χ0v) is 12.4. The fourth-order valence-electron chi connectivity index (χ4n) is 1.69. The number of hydrogen-bond donors (Lipinski definition) is 2. The summed E-state index contributed by atoms with van der Waals surface area (Å²) in [5.74, 6) is -1.07. The van der Waals surface area contributed by atoms with Crippen molar-refractivity contribution in [2.75, 3.05) is 5.32 Å². The average Bonchev–Trinajstić information content (AvgIpc) is 2.39. The average molecular weight is 331 g/mol. The molecule has 2 aromatic rings. The van der Waals surface area contributed by atoms with Gasteiger partial charge in [0.2, 0.25) is 0 Å². The van der Waals surface area contributed by atoms with Gasteiger partial charge in [-0.05, 0) is 30.3 Å². The van der Waals surface area contributed by atoms with Gasteiger partial charge in [0.1, 0.15) is 0 Å². The fourth-order valence-corrected chi connectivity index (χ4v) is 2.42. The van der Waals surface area contributed by atoms with Gasteiger partial charge in [0, 0.05) is 27.8 Å². The molecule has 0 atom stereocenters. The molecule has 6 heteroatoms. The molecule has 20 heavy (non-hydrogen) atoms. The van der Waals surface area contributed by atoms with Gasteiger partial charge in [-0.15, -0.1) is 0 Å². The van der Waals surface area contributed by atoms with E-state index in [0.717, 1.165) is 5.56 Å². The van der Waals surface area contributed by atoms with Crippen LogP contribution >= 0.6 is 34.8 Å². The van der Waals surface area contributed by atoms with Gasteiger partial charge in [0.25, 0.3) is 0 Å². The Bertz CT molecular complexity index is 639. The molecule has 0 saturated heterocycles. The zero-order valence-electron chi connectivity index (χ0n) is 10.2. The maximum atomic E-state index is 11.0. The third-order valence-corrected chi connectivity index (χ3v) is 3.77. The number of halogens is 3. The number of hydrogen-bond acceptors (Lipinski definition) is 2. The van der Waals surface area contributed by atoms with Crippen molar-refractivity contribution in [2.24, 2.45) is 0 Å². The van der Waals surface area contributed by atoms with Crippen molar-refractivity contribution in [1.82, 2.24) is 0 Å². The number of nitrogens with one attached hydrogen (secondary N) is 1. The number of aromatic carboxylic acids is 1. The first-order chi connectivity index (χ1) is 9.49. The molecule has 0 spiro atoms. The highest BCUT2D eigenvalue weighted by Crippen LogP contribution is 2.26. The van der Waals surface area contributed by atoms with Crippen molar-refractivity contribution in [1.29, 1.82) is 0 Å². The maximum absolute atomic E-state index is 11.0. The number of rotatable bonds is 4. The number of benzene rings is 2. The fraction of sp³-hybridized carbons (Fsp3) is 0.0714. The Morgan fingerprint density at radius 3 is 2.30 bits per heavy atom. The summed E-state index contributed by atoms with van der Waals surface area (Å²) in [7, 11) is 0. The Morgan fingerprint density at radius 1 is 1.05 bits per heavy atom. The maximum Gasteiger partial charge on any atom is 0.337 e. The van der Waals surface area contributed by atoms with Crippen molar-refractivity contribution < 1.29 is 9.90 Å². The predicted molar refractivity (Wildman–Crippen MR) is 82.2 cm³/mol. The number of anilines is 1. The van der Waals surface area contributed by atoms with Crippen LogP contribution in [0.25, 0.3) is 0 Å². The van der Waals surface area contributed by atoms with Crippen LogP contribution in [0.3, 0.4) is 0 Å². The number of carboxylic acid groups (broad SMARTS) is 1. The van der Waals surface area contributed by atoms with Crippen molar-refractivity contribution in [3.05, 3.63) is 62.6 Å². The van der Waals surface area contributed by atoms with E-state index in [-0.39, 0.29) is 10.6 Å². The number of carbonyl (C=O) groups is 1. The van der Waals surface area contributed by atoms with E-state index < -0.39 is 5.97 Å². The molecular weight excluding hydrogens is 321 g/mol. The summed E-state index contributed by atoms with van der Waals surface area (Å²) < 4.78 is 0. The molecule has 0 bridgehead atoms. The van der Waals surface area contributed by atoms with Gasteiger partial charge in [-0.25, -0.2) is 4.79 Å². The molecule has 2 aromatic carbocycles. The van der Waals surface area contributed by atoms with E-state index in [1.54, 1.807) is 24.3 Å². The lowest BCUT2D eigenvalue weighted by Gasteiger charge is -2.11. The molecule has 0 aliphatic heterocycles. The monoisotopic (exact) mass is 329 g/mol. The van der Waals surface area contributed by atoms with E-state index in [1.165, 1.54) is 12.1 Å². The third kappa shape index (κ3) is 3.37. The Morgan fingerprint density at radius 2 is 1.70 bits per heavy atom. The molecule has 0 amide bonds. The first-order valence-corrected chi connectivity index (χ1v) is 6.82. The summed E-state index contributed by atoms with van der Waals surface area (Å²) in [6.45, 7) is 0.388. The topological polar surface area (TPSA) is 49.3 Å². The highest BCUT2D eigenvalue weighted by atomic mass is 35.5. The van der Waals surface area contributed by atoms with E-state index in [9.17, 15) is 4.79 Å². The van der Waals surface area contributed by atoms with Gasteiger partial charge in [0.15, 0.2) is 0 Å². The molecule has 2 rings (SSSR count). The molecule has 0 aromatic heterocycles. The van der Waals surface area contributed by atoms with Crippen LogP contribution in [0, 0.1) is 0 Å². The van der Waals surface area contributed by atoms with Crippen LogP contribution in [-0.2, 0) is 6.54 Å². The lowest BCUT2D eigenvalue weighted by molar-refractivity contribution is 0.0697. The van der Waals surface area contributed by atoms with E-state index in [0.29, 0.717) is 22.3 Å². The summed E-state index contributed by atoms with van der Waals surface area (Å²) in [6, 6.07) is 9.94. The van der Waals surface area contributed by atoms with E-state index >= 15 is 0 Å². The molecule has 0 heterocycles. The molecule has 0 unspecified atom stereocenters. The van der Waals surface area contributed by atoms with Crippen LogP contribution in [0.4, 0.5) is 5.69 Å². The molecule has 0 aliphatic carbocycles. The zero-order chi connectivity index (χ0) is 14.7. The molecule has 0 saturated carbocycles. The second-order valence-electron chi connectivity index (χ2n) is 4.05. The lowest BCUT2D eigenvalue weighted by Crippen LogP contribution is -2.03. The Labute approximate surface area is 131 Å². The quantitative estimate of drug-likeness (QED) is 0.833. The molecule has 104 valence electrons. The predicted octanol–water partition coefficient (Wildman–Crippen LogP) is 4.96. The molecule has 3 nitrogen and oxygen atoms in total. The SMILES string of the molecule is O=C(O)c1cc(NCc2c(Cl)cccc2Cl)ccc1Cl. The van der Waals surface area contributed by atoms with Gasteiger partial charge >= 0.3 is 5.97 Å². The minimum absolute atomic E-state index is 0.0434. The molecular formula is C14H10Cl3NO2. The normalized spacial score (nSPS) is 10.3. The van der Waals surface area contributed by atoms with Gasteiger partial charge in [-0.2, -0.15) is 0 Å². The van der Waals surface area contributed by atoms with E-state index in [1.807, 2.05) is 0 Å². The number of carboxylic acids is 1. The van der Waals surface area contributed by atoms with Crippen molar-refractivity contribution in [3.63, 3.8) is 0 Å². The summed E-state index contributed by atoms with van der Waals surface area (Å²) in [6.07, 6.45) is 0. The summed E-state index contributed by atoms with van der Waals surface area (Å²) in [5, 5.41) is 13.4. The van der Waals surface area contributed by atoms with Gasteiger partial charge in [-0.1, -0.05) is 40.9 Å². The van der Waals surface area contributed by atoms with Crippen LogP contribution in [0.15, 0.2) is 36.4 Å². The summed E-state index contributed by atoms with van der Waals surface area (Å²) in [5.41, 5.74) is 1.42. The molecule has 0 radical (unpaired) electrons. The van der Waals surface area contributed by atoms with Crippen LogP contribution in [0.5, 0.6) is 0 Å². The summed E-state index contributed by atoms with van der Waals surface area (Å²) in [4.78, 5) is 11.0. The lowest BCUT2D eigenvalue weighted by atomic mass is 10.2. The second-order valence-corrected chi connectivity index (χ2v) is 5.28. The van der Waals surface area contributed by atoms with Gasteiger partial charge in [-0.3, -0.25) is 0 Å². The second kappa shape index (κ2) is 6.35. The van der Waals surface area contributed by atoms with Crippen molar-refractivity contribution >= 4 is 46.5 Å².